The topological polar surface area (TPSA) is 110 Å². The maximum atomic E-state index is 12.7. The zero-order valence-electron chi connectivity index (χ0n) is 14.5. The van der Waals surface area contributed by atoms with Crippen molar-refractivity contribution in [2.24, 2.45) is 0 Å². The molecule has 0 unspecified atom stereocenters. The smallest absolute Gasteiger partial charge is 0.270 e. The number of rotatable bonds is 6. The van der Waals surface area contributed by atoms with Crippen LogP contribution in [0.2, 0.25) is 0 Å². The summed E-state index contributed by atoms with van der Waals surface area (Å²) in [6, 6.07) is 5.34. The summed E-state index contributed by atoms with van der Waals surface area (Å²) in [6.07, 6.45) is 2.75. The van der Waals surface area contributed by atoms with Crippen LogP contribution in [-0.4, -0.2) is 31.6 Å². The molecule has 1 heterocycles. The predicted molar refractivity (Wildman–Crippen MR) is 97.8 cm³/mol. The van der Waals surface area contributed by atoms with Crippen molar-refractivity contribution in [2.45, 2.75) is 43.0 Å². The van der Waals surface area contributed by atoms with E-state index < -0.39 is 10.0 Å². The van der Waals surface area contributed by atoms with Gasteiger partial charge in [-0.25, -0.2) is 13.1 Å². The van der Waals surface area contributed by atoms with Gasteiger partial charge in [-0.2, -0.15) is 0 Å². The minimum absolute atomic E-state index is 0.162. The van der Waals surface area contributed by atoms with Gasteiger partial charge < -0.3 is 10.1 Å². The predicted octanol–water partition coefficient (Wildman–Crippen LogP) is 2.25. The largest absolute Gasteiger partial charge is 0.497 e. The molecule has 0 radical (unpaired) electrons. The minimum atomic E-state index is -3.83. The van der Waals surface area contributed by atoms with Gasteiger partial charge in [0.25, 0.3) is 10.0 Å². The average molecular weight is 396 g/mol. The van der Waals surface area contributed by atoms with Crippen LogP contribution in [-0.2, 0) is 21.2 Å². The second-order valence-corrected chi connectivity index (χ2v) is 8.77. The summed E-state index contributed by atoms with van der Waals surface area (Å²) in [7, 11) is -2.22. The third-order valence-electron chi connectivity index (χ3n) is 4.17. The van der Waals surface area contributed by atoms with Crippen molar-refractivity contribution >= 4 is 32.4 Å². The number of aromatic nitrogens is 2. The summed E-state index contributed by atoms with van der Waals surface area (Å²) >= 11 is 0.835. The number of nitrogens with one attached hydrogen (secondary N) is 2. The van der Waals surface area contributed by atoms with E-state index in [4.69, 9.17) is 4.74 Å². The van der Waals surface area contributed by atoms with E-state index in [1.807, 2.05) is 18.2 Å². The van der Waals surface area contributed by atoms with Gasteiger partial charge in [-0.15, -0.1) is 10.2 Å². The molecule has 1 amide bonds. The van der Waals surface area contributed by atoms with Crippen LogP contribution in [0.15, 0.2) is 22.5 Å². The first kappa shape index (κ1) is 18.7. The SMILES string of the molecule is CCC(=O)Nc1nnc(S(=O)(=O)N[C@@H]2CCCc3cc(OC)ccc32)s1. The van der Waals surface area contributed by atoms with Crippen molar-refractivity contribution in [1.29, 1.82) is 0 Å². The molecule has 26 heavy (non-hydrogen) atoms. The van der Waals surface area contributed by atoms with Crippen LogP contribution in [0.1, 0.15) is 43.4 Å². The number of benzene rings is 1. The fourth-order valence-corrected chi connectivity index (χ4v) is 5.04. The van der Waals surface area contributed by atoms with Gasteiger partial charge in [0, 0.05) is 12.5 Å². The van der Waals surface area contributed by atoms with Gasteiger partial charge in [0.1, 0.15) is 5.75 Å². The summed E-state index contributed by atoms with van der Waals surface area (Å²) < 4.78 is 33.1. The highest BCUT2D eigenvalue weighted by atomic mass is 32.2. The Morgan fingerprint density at radius 3 is 2.92 bits per heavy atom. The van der Waals surface area contributed by atoms with Crippen molar-refractivity contribution in [1.82, 2.24) is 14.9 Å². The van der Waals surface area contributed by atoms with Crippen LogP contribution in [0.5, 0.6) is 5.75 Å². The Morgan fingerprint density at radius 1 is 1.38 bits per heavy atom. The zero-order valence-corrected chi connectivity index (χ0v) is 16.1. The molecule has 0 fully saturated rings. The zero-order chi connectivity index (χ0) is 18.7. The van der Waals surface area contributed by atoms with E-state index >= 15 is 0 Å². The molecular formula is C16H20N4O4S2. The van der Waals surface area contributed by atoms with Crippen LogP contribution in [0.25, 0.3) is 0 Å². The van der Waals surface area contributed by atoms with E-state index in [1.165, 1.54) is 0 Å². The molecule has 10 heteroatoms. The van der Waals surface area contributed by atoms with Crippen LogP contribution < -0.4 is 14.8 Å². The van der Waals surface area contributed by atoms with Gasteiger partial charge in [-0.3, -0.25) is 4.79 Å². The summed E-state index contributed by atoms with van der Waals surface area (Å²) in [5.41, 5.74) is 2.03. The molecule has 8 nitrogen and oxygen atoms in total. The van der Waals surface area contributed by atoms with Crippen LogP contribution in [0, 0.1) is 0 Å². The Balaban J connectivity index is 1.80. The molecule has 3 rings (SSSR count). The number of anilines is 1. The highest BCUT2D eigenvalue weighted by molar-refractivity contribution is 7.91. The lowest BCUT2D eigenvalue weighted by atomic mass is 9.88. The number of sulfonamides is 1. The lowest BCUT2D eigenvalue weighted by Crippen LogP contribution is -2.31. The molecule has 1 aliphatic carbocycles. The average Bonchev–Trinajstić information content (AvgIpc) is 3.10. The molecule has 1 aliphatic rings. The Morgan fingerprint density at radius 2 is 2.19 bits per heavy atom. The number of ether oxygens (including phenoxy) is 1. The first-order chi connectivity index (χ1) is 12.4. The highest BCUT2D eigenvalue weighted by Gasteiger charge is 2.28. The summed E-state index contributed by atoms with van der Waals surface area (Å²) in [4.78, 5) is 11.4. The number of amides is 1. The van der Waals surface area contributed by atoms with Crippen molar-refractivity contribution in [3.63, 3.8) is 0 Å². The molecule has 1 aromatic carbocycles. The van der Waals surface area contributed by atoms with Gasteiger partial charge in [-0.1, -0.05) is 24.3 Å². The first-order valence-electron chi connectivity index (χ1n) is 8.25. The van der Waals surface area contributed by atoms with E-state index in [0.29, 0.717) is 6.42 Å². The maximum Gasteiger partial charge on any atom is 0.270 e. The Labute approximate surface area is 156 Å². The normalized spacial score (nSPS) is 16.8. The lowest BCUT2D eigenvalue weighted by Gasteiger charge is -2.26. The number of nitrogens with zero attached hydrogens (tertiary/aromatic N) is 2. The van der Waals surface area contributed by atoms with E-state index in [9.17, 15) is 13.2 Å². The third-order valence-corrected chi connectivity index (χ3v) is 6.84. The molecule has 0 saturated carbocycles. The third kappa shape index (κ3) is 4.02. The molecule has 0 aliphatic heterocycles. The number of methoxy groups -OCH3 is 1. The van der Waals surface area contributed by atoms with E-state index in [2.05, 4.69) is 20.2 Å². The number of fused-ring (bicyclic) bond motifs is 1. The summed E-state index contributed by atoms with van der Waals surface area (Å²) in [6.45, 7) is 1.70. The second-order valence-electron chi connectivity index (χ2n) is 5.91. The minimum Gasteiger partial charge on any atom is -0.497 e. The number of carbonyl (C=O) groups is 1. The van der Waals surface area contributed by atoms with E-state index in [1.54, 1.807) is 14.0 Å². The lowest BCUT2D eigenvalue weighted by molar-refractivity contribution is -0.115. The van der Waals surface area contributed by atoms with E-state index in [-0.39, 0.29) is 27.8 Å². The number of carbonyl (C=O) groups excluding carboxylic acids is 1. The van der Waals surface area contributed by atoms with Gasteiger partial charge in [0.2, 0.25) is 15.4 Å². The molecular weight excluding hydrogens is 376 g/mol. The fourth-order valence-electron chi connectivity index (χ4n) is 2.85. The molecule has 2 aromatic rings. The van der Waals surface area contributed by atoms with Crippen LogP contribution >= 0.6 is 11.3 Å². The van der Waals surface area contributed by atoms with Crippen molar-refractivity contribution in [2.75, 3.05) is 12.4 Å². The first-order valence-corrected chi connectivity index (χ1v) is 10.6. The number of hydrogen-bond acceptors (Lipinski definition) is 7. The molecule has 1 aromatic heterocycles. The van der Waals surface area contributed by atoms with Gasteiger partial charge in [0.05, 0.1) is 7.11 Å². The van der Waals surface area contributed by atoms with Crippen molar-refractivity contribution in [3.8, 4) is 5.75 Å². The fraction of sp³-hybridized carbons (Fsp3) is 0.438. The molecule has 140 valence electrons. The van der Waals surface area contributed by atoms with Crippen molar-refractivity contribution in [3.05, 3.63) is 29.3 Å². The van der Waals surface area contributed by atoms with Crippen molar-refractivity contribution < 1.29 is 17.9 Å². The van der Waals surface area contributed by atoms with E-state index in [0.717, 1.165) is 41.1 Å². The van der Waals surface area contributed by atoms with Gasteiger partial charge in [-0.05, 0) is 42.5 Å². The molecule has 0 saturated heterocycles. The Bertz CT molecular complexity index is 911. The Hall–Kier alpha value is -2.04. The van der Waals surface area contributed by atoms with Crippen LogP contribution in [0.4, 0.5) is 5.13 Å². The monoisotopic (exact) mass is 396 g/mol. The number of aryl methyl sites for hydroxylation is 1. The Kier molecular flexibility index (Phi) is 5.54. The quantitative estimate of drug-likeness (QED) is 0.725. The second kappa shape index (κ2) is 7.68. The van der Waals surface area contributed by atoms with Gasteiger partial charge >= 0.3 is 0 Å². The molecule has 1 atom stereocenters. The number of hydrogen-bond donors (Lipinski definition) is 2. The standard InChI is InChI=1S/C16H20N4O4S2/c1-3-14(21)17-15-18-19-16(25-15)26(22,23)20-13-6-4-5-10-9-11(24-2)7-8-12(10)13/h7-9,13,20H,3-6H2,1-2H3,(H,17,18,21)/t13-/m1/s1. The summed E-state index contributed by atoms with van der Waals surface area (Å²) in [5, 5.41) is 10.1. The highest BCUT2D eigenvalue weighted by Crippen LogP contribution is 2.33. The molecule has 0 spiro atoms. The summed E-state index contributed by atoms with van der Waals surface area (Å²) in [5.74, 6) is 0.515. The molecule has 0 bridgehead atoms. The maximum absolute atomic E-state index is 12.7. The van der Waals surface area contributed by atoms with Crippen LogP contribution in [0.3, 0.4) is 0 Å². The molecule has 2 N–H and O–H groups in total. The van der Waals surface area contributed by atoms with Gasteiger partial charge in [0.15, 0.2) is 0 Å².